The number of nitrogens with one attached hydrogen (secondary N) is 2. The molecule has 2 rings (SSSR count). The van der Waals surface area contributed by atoms with Gasteiger partial charge in [0, 0.05) is 16.0 Å². The minimum atomic E-state index is -0.342. The Morgan fingerprint density at radius 2 is 2.24 bits per heavy atom. The Morgan fingerprint density at radius 1 is 1.48 bits per heavy atom. The maximum absolute atomic E-state index is 12.3. The highest BCUT2D eigenvalue weighted by molar-refractivity contribution is 9.10. The molecule has 0 aliphatic heterocycles. The smallest absolute Gasteiger partial charge is 0.261 e. The minimum Gasteiger partial charge on any atom is -0.496 e. The molecule has 8 heteroatoms. The summed E-state index contributed by atoms with van der Waals surface area (Å²) in [5, 5.41) is 8.08. The number of carbonyl (C=O) groups excluding carboxylic acids is 1. The van der Waals surface area contributed by atoms with E-state index in [1.165, 1.54) is 18.4 Å². The third-order valence-corrected chi connectivity index (χ3v) is 3.92. The molecular weight excluding hydrogens is 374 g/mol. The molecular formula is C13H12BrN3O2S2. The normalized spacial score (nSPS) is 10.0. The van der Waals surface area contributed by atoms with Crippen LogP contribution in [0.3, 0.4) is 0 Å². The largest absolute Gasteiger partial charge is 0.496 e. The van der Waals surface area contributed by atoms with Crippen molar-refractivity contribution in [3.05, 3.63) is 39.3 Å². The number of nitrogens with zero attached hydrogens (tertiary/aromatic N) is 1. The second-order valence-electron chi connectivity index (χ2n) is 4.05. The van der Waals surface area contributed by atoms with E-state index in [0.717, 1.165) is 10.0 Å². The number of ether oxygens (including phenoxy) is 1. The Bertz CT molecular complexity index is 674. The maximum atomic E-state index is 12.3. The summed E-state index contributed by atoms with van der Waals surface area (Å²) in [6.45, 7) is 1.87. The predicted molar refractivity (Wildman–Crippen MR) is 91.2 cm³/mol. The Balaban J connectivity index is 2.15. The van der Waals surface area contributed by atoms with Gasteiger partial charge in [-0.1, -0.05) is 15.9 Å². The van der Waals surface area contributed by atoms with E-state index in [1.54, 1.807) is 12.3 Å². The van der Waals surface area contributed by atoms with Crippen molar-refractivity contribution in [2.45, 2.75) is 6.92 Å². The minimum absolute atomic E-state index is 0.189. The second kappa shape index (κ2) is 6.97. The van der Waals surface area contributed by atoms with Gasteiger partial charge < -0.3 is 10.1 Å². The third-order valence-electron chi connectivity index (χ3n) is 2.57. The van der Waals surface area contributed by atoms with Crippen LogP contribution in [0.2, 0.25) is 0 Å². The van der Waals surface area contributed by atoms with Crippen LogP contribution in [-0.2, 0) is 0 Å². The average Bonchev–Trinajstić information content (AvgIpc) is 2.90. The fraction of sp³-hybridized carbons (Fsp3) is 0.154. The molecule has 0 aliphatic rings. The molecule has 0 aliphatic carbocycles. The molecule has 0 bridgehead atoms. The van der Waals surface area contributed by atoms with Crippen molar-refractivity contribution in [1.29, 1.82) is 0 Å². The fourth-order valence-electron chi connectivity index (χ4n) is 1.75. The van der Waals surface area contributed by atoms with E-state index in [-0.39, 0.29) is 11.0 Å². The molecule has 0 fully saturated rings. The van der Waals surface area contributed by atoms with Gasteiger partial charge in [-0.15, -0.1) is 11.3 Å². The molecule has 0 spiro atoms. The number of thiocarbonyl (C=S) groups is 1. The van der Waals surface area contributed by atoms with Crippen molar-refractivity contribution in [3.8, 4) is 5.75 Å². The van der Waals surface area contributed by atoms with Crippen molar-refractivity contribution in [2.24, 2.45) is 0 Å². The van der Waals surface area contributed by atoms with Crippen molar-refractivity contribution in [2.75, 3.05) is 12.4 Å². The SMILES string of the molecule is COc1c(C)cc(Br)cc1C(=O)NC(=S)Nc1nccs1. The monoisotopic (exact) mass is 385 g/mol. The molecule has 0 unspecified atom stereocenters. The van der Waals surface area contributed by atoms with Gasteiger partial charge in [0.1, 0.15) is 5.75 Å². The molecule has 1 heterocycles. The van der Waals surface area contributed by atoms with E-state index in [2.05, 4.69) is 31.5 Å². The molecule has 110 valence electrons. The zero-order valence-electron chi connectivity index (χ0n) is 11.3. The molecule has 0 saturated carbocycles. The Kier molecular flexibility index (Phi) is 5.27. The highest BCUT2D eigenvalue weighted by Crippen LogP contribution is 2.27. The molecule has 1 aromatic carbocycles. The van der Waals surface area contributed by atoms with Crippen molar-refractivity contribution in [3.63, 3.8) is 0 Å². The number of carbonyl (C=O) groups is 1. The summed E-state index contributed by atoms with van der Waals surface area (Å²) in [5.74, 6) is 0.179. The molecule has 21 heavy (non-hydrogen) atoms. The van der Waals surface area contributed by atoms with Gasteiger partial charge in [-0.05, 0) is 36.8 Å². The Hall–Kier alpha value is -1.51. The fourth-order valence-corrected chi connectivity index (χ4v) is 3.11. The topological polar surface area (TPSA) is 63.2 Å². The van der Waals surface area contributed by atoms with E-state index in [0.29, 0.717) is 16.4 Å². The lowest BCUT2D eigenvalue weighted by Gasteiger charge is -2.13. The van der Waals surface area contributed by atoms with Gasteiger partial charge in [0.15, 0.2) is 10.2 Å². The Morgan fingerprint density at radius 3 is 2.86 bits per heavy atom. The number of hydrogen-bond acceptors (Lipinski definition) is 5. The summed E-state index contributed by atoms with van der Waals surface area (Å²) in [6.07, 6.45) is 1.65. The van der Waals surface area contributed by atoms with Crippen molar-refractivity contribution >= 4 is 55.6 Å². The van der Waals surface area contributed by atoms with Gasteiger partial charge in [-0.3, -0.25) is 10.1 Å². The first-order valence-corrected chi connectivity index (χ1v) is 7.95. The number of thiazole rings is 1. The quantitative estimate of drug-likeness (QED) is 0.793. The van der Waals surface area contributed by atoms with Gasteiger partial charge >= 0.3 is 0 Å². The summed E-state index contributed by atoms with van der Waals surface area (Å²) in [6, 6.07) is 3.56. The summed E-state index contributed by atoms with van der Waals surface area (Å²) in [7, 11) is 1.53. The van der Waals surface area contributed by atoms with E-state index >= 15 is 0 Å². The number of benzene rings is 1. The van der Waals surface area contributed by atoms with Crippen LogP contribution in [0, 0.1) is 6.92 Å². The van der Waals surface area contributed by atoms with Crippen molar-refractivity contribution in [1.82, 2.24) is 10.3 Å². The third kappa shape index (κ3) is 3.99. The highest BCUT2D eigenvalue weighted by atomic mass is 79.9. The lowest BCUT2D eigenvalue weighted by atomic mass is 10.1. The average molecular weight is 386 g/mol. The first-order chi connectivity index (χ1) is 10.0. The number of hydrogen-bond donors (Lipinski definition) is 2. The first-order valence-electron chi connectivity index (χ1n) is 5.87. The number of anilines is 1. The number of methoxy groups -OCH3 is 1. The number of amides is 1. The lowest BCUT2D eigenvalue weighted by Crippen LogP contribution is -2.34. The van der Waals surface area contributed by atoms with Gasteiger partial charge in [0.05, 0.1) is 12.7 Å². The molecule has 0 atom stereocenters. The summed E-state index contributed by atoms with van der Waals surface area (Å²) >= 11 is 9.86. The standard InChI is InChI=1S/C13H12BrN3O2S2/c1-7-5-8(14)6-9(10(7)19-2)11(18)16-12(20)17-13-15-3-4-21-13/h3-6H,1-2H3,(H2,15,16,17,18,20). The van der Waals surface area contributed by atoms with Crippen LogP contribution in [0.4, 0.5) is 5.13 Å². The molecule has 1 aromatic heterocycles. The molecule has 0 radical (unpaired) electrons. The molecule has 5 nitrogen and oxygen atoms in total. The zero-order valence-corrected chi connectivity index (χ0v) is 14.5. The summed E-state index contributed by atoms with van der Waals surface area (Å²) < 4.78 is 6.08. The number of halogens is 1. The van der Waals surface area contributed by atoms with E-state index in [9.17, 15) is 4.79 Å². The molecule has 2 N–H and O–H groups in total. The van der Waals surface area contributed by atoms with E-state index in [1.807, 2.05) is 18.4 Å². The van der Waals surface area contributed by atoms with Crippen LogP contribution in [0.25, 0.3) is 0 Å². The lowest BCUT2D eigenvalue weighted by molar-refractivity contribution is 0.0974. The van der Waals surface area contributed by atoms with Gasteiger partial charge in [0.2, 0.25) is 0 Å². The van der Waals surface area contributed by atoms with Gasteiger partial charge in [-0.2, -0.15) is 0 Å². The summed E-state index contributed by atoms with van der Waals surface area (Å²) in [4.78, 5) is 16.3. The van der Waals surface area contributed by atoms with Gasteiger partial charge in [0.25, 0.3) is 5.91 Å². The van der Waals surface area contributed by atoms with Crippen LogP contribution in [0.5, 0.6) is 5.75 Å². The van der Waals surface area contributed by atoms with Crippen LogP contribution < -0.4 is 15.4 Å². The zero-order chi connectivity index (χ0) is 15.4. The van der Waals surface area contributed by atoms with Gasteiger partial charge in [-0.25, -0.2) is 4.98 Å². The van der Waals surface area contributed by atoms with E-state index in [4.69, 9.17) is 17.0 Å². The predicted octanol–water partition coefficient (Wildman–Crippen LogP) is 3.35. The first kappa shape index (κ1) is 15.9. The van der Waals surface area contributed by atoms with Crippen LogP contribution in [0.15, 0.2) is 28.2 Å². The maximum Gasteiger partial charge on any atom is 0.261 e. The number of rotatable bonds is 3. The molecule has 2 aromatic rings. The van der Waals surface area contributed by atoms with Crippen LogP contribution in [-0.4, -0.2) is 23.1 Å². The summed E-state index contributed by atoms with van der Waals surface area (Å²) in [5.41, 5.74) is 1.27. The molecule has 0 saturated heterocycles. The number of aromatic nitrogens is 1. The number of aryl methyl sites for hydroxylation is 1. The Labute approximate surface area is 139 Å². The molecule has 1 amide bonds. The van der Waals surface area contributed by atoms with Crippen molar-refractivity contribution < 1.29 is 9.53 Å². The second-order valence-corrected chi connectivity index (χ2v) is 6.27. The van der Waals surface area contributed by atoms with Crippen LogP contribution >= 0.6 is 39.5 Å². The van der Waals surface area contributed by atoms with Crippen LogP contribution in [0.1, 0.15) is 15.9 Å². The highest BCUT2D eigenvalue weighted by Gasteiger charge is 2.16. The van der Waals surface area contributed by atoms with E-state index < -0.39 is 0 Å².